The molecule has 7 heteroatoms. The van der Waals surface area contributed by atoms with Crippen molar-refractivity contribution in [1.82, 2.24) is 10.3 Å². The van der Waals surface area contributed by atoms with Gasteiger partial charge in [0.05, 0.1) is 17.9 Å². The first-order valence-corrected chi connectivity index (χ1v) is 10.1. The second-order valence-corrected chi connectivity index (χ2v) is 7.68. The first kappa shape index (κ1) is 18.4. The van der Waals surface area contributed by atoms with Gasteiger partial charge in [0.2, 0.25) is 11.8 Å². The van der Waals surface area contributed by atoms with Crippen LogP contribution in [0.3, 0.4) is 0 Å². The van der Waals surface area contributed by atoms with E-state index in [0.29, 0.717) is 6.54 Å². The lowest BCUT2D eigenvalue weighted by atomic mass is 10.1. The van der Waals surface area contributed by atoms with E-state index in [1.807, 2.05) is 54.8 Å². The van der Waals surface area contributed by atoms with Gasteiger partial charge in [-0.05, 0) is 18.4 Å². The number of nitrogens with one attached hydrogen (secondary N) is 2. The van der Waals surface area contributed by atoms with Gasteiger partial charge in [0.25, 0.3) is 0 Å². The Balaban J connectivity index is 1.56. The molecule has 0 aliphatic heterocycles. The molecule has 3 rings (SSSR count). The Labute approximate surface area is 160 Å². The largest absolute Gasteiger partial charge is 0.356 e. The van der Waals surface area contributed by atoms with E-state index >= 15 is 0 Å². The van der Waals surface area contributed by atoms with Gasteiger partial charge in [0, 0.05) is 23.0 Å². The van der Waals surface area contributed by atoms with Crippen LogP contribution in [0, 0.1) is 0 Å². The van der Waals surface area contributed by atoms with Gasteiger partial charge >= 0.3 is 0 Å². The van der Waals surface area contributed by atoms with Crippen LogP contribution in [0.15, 0.2) is 52.2 Å². The van der Waals surface area contributed by atoms with Gasteiger partial charge in [-0.15, -0.1) is 11.3 Å². The number of hydrogen-bond donors (Lipinski definition) is 2. The van der Waals surface area contributed by atoms with Crippen molar-refractivity contribution in [3.8, 4) is 0 Å². The van der Waals surface area contributed by atoms with Crippen molar-refractivity contribution in [2.75, 3.05) is 17.6 Å². The highest BCUT2D eigenvalue weighted by atomic mass is 32.2. The average Bonchev–Trinajstić information content (AvgIpc) is 3.08. The number of carbonyl (C=O) groups excluding carboxylic acids is 2. The maximum absolute atomic E-state index is 12.3. The normalized spacial score (nSPS) is 10.7. The van der Waals surface area contributed by atoms with Crippen LogP contribution in [-0.4, -0.2) is 29.1 Å². The van der Waals surface area contributed by atoms with Crippen LogP contribution in [0.5, 0.6) is 0 Å². The summed E-state index contributed by atoms with van der Waals surface area (Å²) in [6, 6.07) is 13.8. The van der Waals surface area contributed by atoms with Crippen LogP contribution >= 0.6 is 23.1 Å². The zero-order valence-corrected chi connectivity index (χ0v) is 16.0. The average molecular weight is 386 g/mol. The van der Waals surface area contributed by atoms with Crippen molar-refractivity contribution in [2.24, 2.45) is 0 Å². The van der Waals surface area contributed by atoms with Crippen molar-refractivity contribution >= 4 is 51.4 Å². The summed E-state index contributed by atoms with van der Waals surface area (Å²) in [5.74, 6) is 0.159. The summed E-state index contributed by atoms with van der Waals surface area (Å²) in [6.45, 7) is 2.49. The van der Waals surface area contributed by atoms with Gasteiger partial charge in [-0.2, -0.15) is 0 Å². The maximum atomic E-state index is 12.3. The number of anilines is 1. The number of carbonyl (C=O) groups is 2. The SMILES string of the molecule is CCNC(=O)Cc1csc(SCC(=O)Nc2cccc3ccccc23)n1. The van der Waals surface area contributed by atoms with E-state index in [1.165, 1.54) is 23.1 Å². The molecule has 0 saturated carbocycles. The van der Waals surface area contributed by atoms with Gasteiger partial charge in [-0.1, -0.05) is 48.2 Å². The van der Waals surface area contributed by atoms with Crippen LogP contribution in [0.1, 0.15) is 12.6 Å². The van der Waals surface area contributed by atoms with Crippen LogP contribution in [0.4, 0.5) is 5.69 Å². The number of hydrogen-bond acceptors (Lipinski definition) is 5. The second-order valence-electron chi connectivity index (χ2n) is 5.60. The van der Waals surface area contributed by atoms with E-state index in [-0.39, 0.29) is 24.0 Å². The Morgan fingerprint density at radius 1 is 1.12 bits per heavy atom. The lowest BCUT2D eigenvalue weighted by molar-refractivity contribution is -0.120. The first-order chi connectivity index (χ1) is 12.7. The Kier molecular flexibility index (Phi) is 6.25. The Bertz CT molecular complexity index is 919. The summed E-state index contributed by atoms with van der Waals surface area (Å²) in [5, 5.41) is 9.69. The third kappa shape index (κ3) is 4.83. The monoisotopic (exact) mass is 385 g/mol. The lowest BCUT2D eigenvalue weighted by Gasteiger charge is -2.08. The molecule has 1 heterocycles. The molecule has 1 aromatic heterocycles. The van der Waals surface area contributed by atoms with E-state index in [2.05, 4.69) is 15.6 Å². The van der Waals surface area contributed by atoms with E-state index in [0.717, 1.165) is 26.5 Å². The molecule has 0 unspecified atom stereocenters. The predicted molar refractivity (Wildman–Crippen MR) is 108 cm³/mol. The summed E-state index contributed by atoms with van der Waals surface area (Å²) in [7, 11) is 0. The third-order valence-electron chi connectivity index (χ3n) is 3.64. The van der Waals surface area contributed by atoms with Gasteiger partial charge < -0.3 is 10.6 Å². The minimum absolute atomic E-state index is 0.0388. The summed E-state index contributed by atoms with van der Waals surface area (Å²) in [5.41, 5.74) is 1.54. The molecule has 0 bridgehead atoms. The van der Waals surface area contributed by atoms with E-state index < -0.39 is 0 Å². The van der Waals surface area contributed by atoms with Crippen LogP contribution in [0.2, 0.25) is 0 Å². The number of fused-ring (bicyclic) bond motifs is 1. The summed E-state index contributed by atoms with van der Waals surface area (Å²) in [6.07, 6.45) is 0.271. The van der Waals surface area contributed by atoms with E-state index in [4.69, 9.17) is 0 Å². The molecule has 5 nitrogen and oxygen atoms in total. The fourth-order valence-corrected chi connectivity index (χ4v) is 4.15. The molecule has 2 N–H and O–H groups in total. The van der Waals surface area contributed by atoms with Crippen molar-refractivity contribution in [3.05, 3.63) is 53.5 Å². The number of rotatable bonds is 7. The minimum Gasteiger partial charge on any atom is -0.356 e. The van der Waals surface area contributed by atoms with Gasteiger partial charge in [0.15, 0.2) is 4.34 Å². The Morgan fingerprint density at radius 3 is 2.77 bits per heavy atom. The number of nitrogens with zero attached hydrogens (tertiary/aromatic N) is 1. The molecule has 0 radical (unpaired) electrons. The van der Waals surface area contributed by atoms with Crippen molar-refractivity contribution in [2.45, 2.75) is 17.7 Å². The molecule has 26 heavy (non-hydrogen) atoms. The molecule has 3 aromatic rings. The van der Waals surface area contributed by atoms with E-state index in [9.17, 15) is 9.59 Å². The fraction of sp³-hybridized carbons (Fsp3) is 0.211. The highest BCUT2D eigenvalue weighted by Gasteiger charge is 2.10. The molecule has 0 aliphatic rings. The molecule has 0 fully saturated rings. The summed E-state index contributed by atoms with van der Waals surface area (Å²) >= 11 is 2.83. The molecule has 0 spiro atoms. The van der Waals surface area contributed by atoms with Crippen molar-refractivity contribution in [3.63, 3.8) is 0 Å². The molecule has 0 atom stereocenters. The minimum atomic E-state index is -0.0770. The number of amides is 2. The molecule has 2 amide bonds. The summed E-state index contributed by atoms with van der Waals surface area (Å²) in [4.78, 5) is 28.3. The quantitative estimate of drug-likeness (QED) is 0.608. The number of aromatic nitrogens is 1. The molecule has 0 saturated heterocycles. The highest BCUT2D eigenvalue weighted by Crippen LogP contribution is 2.25. The van der Waals surface area contributed by atoms with Crippen LogP contribution < -0.4 is 10.6 Å². The smallest absolute Gasteiger partial charge is 0.234 e. The second kappa shape index (κ2) is 8.82. The molecular weight excluding hydrogens is 366 g/mol. The third-order valence-corrected chi connectivity index (χ3v) is 5.71. The van der Waals surface area contributed by atoms with Gasteiger partial charge in [-0.25, -0.2) is 4.98 Å². The molecule has 134 valence electrons. The van der Waals surface area contributed by atoms with Crippen molar-refractivity contribution < 1.29 is 9.59 Å². The predicted octanol–water partition coefficient (Wildman–Crippen LogP) is 3.71. The Morgan fingerprint density at radius 2 is 1.92 bits per heavy atom. The molecule has 2 aromatic carbocycles. The maximum Gasteiger partial charge on any atom is 0.234 e. The van der Waals surface area contributed by atoms with Crippen molar-refractivity contribution in [1.29, 1.82) is 0 Å². The fourth-order valence-electron chi connectivity index (χ4n) is 2.51. The number of thioether (sulfide) groups is 1. The topological polar surface area (TPSA) is 71.1 Å². The standard InChI is InChI=1S/C19H19N3O2S2/c1-2-20-17(23)10-14-11-25-19(21-14)26-12-18(24)22-16-9-5-7-13-6-3-4-8-15(13)16/h3-9,11H,2,10,12H2,1H3,(H,20,23)(H,22,24). The van der Waals surface area contributed by atoms with Crippen LogP contribution in [0.25, 0.3) is 10.8 Å². The summed E-state index contributed by atoms with van der Waals surface area (Å²) < 4.78 is 0.789. The highest BCUT2D eigenvalue weighted by molar-refractivity contribution is 8.01. The zero-order valence-electron chi connectivity index (χ0n) is 14.3. The van der Waals surface area contributed by atoms with Gasteiger partial charge in [0.1, 0.15) is 0 Å². The number of thiazole rings is 1. The molecule has 0 aliphatic carbocycles. The molecular formula is C19H19N3O2S2. The number of benzene rings is 2. The van der Waals surface area contributed by atoms with Crippen LogP contribution in [-0.2, 0) is 16.0 Å². The van der Waals surface area contributed by atoms with E-state index in [1.54, 1.807) is 0 Å². The lowest BCUT2D eigenvalue weighted by Crippen LogP contribution is -2.24. The number of likely N-dealkylation sites (N-methyl/N-ethyl adjacent to an activating group) is 1. The first-order valence-electron chi connectivity index (χ1n) is 8.27. The van der Waals surface area contributed by atoms with Gasteiger partial charge in [-0.3, -0.25) is 9.59 Å². The zero-order chi connectivity index (χ0) is 18.4. The Hall–Kier alpha value is -2.38.